The molecule has 3 N–H and O–H groups in total. The molecule has 7 nitrogen and oxygen atoms in total. The number of hydrogen-bond donors (Lipinski definition) is 3. The van der Waals surface area contributed by atoms with Crippen LogP contribution in [0.15, 0.2) is 53.4 Å². The van der Waals surface area contributed by atoms with E-state index < -0.39 is 16.1 Å². The Kier molecular flexibility index (Phi) is 9.24. The Labute approximate surface area is 202 Å². The Balaban J connectivity index is 1.77. The predicted molar refractivity (Wildman–Crippen MR) is 134 cm³/mol. The number of carbonyl (C=O) groups excluding carboxylic acids is 2. The van der Waals surface area contributed by atoms with Gasteiger partial charge < -0.3 is 10.6 Å². The van der Waals surface area contributed by atoms with E-state index in [-0.39, 0.29) is 23.1 Å². The normalized spacial score (nSPS) is 15.2. The van der Waals surface area contributed by atoms with Crippen molar-refractivity contribution in [3.63, 3.8) is 0 Å². The minimum atomic E-state index is -3.95. The lowest BCUT2D eigenvalue weighted by molar-refractivity contribution is -0.123. The molecule has 1 heterocycles. The summed E-state index contributed by atoms with van der Waals surface area (Å²) < 4.78 is 29.1. The van der Waals surface area contributed by atoms with Gasteiger partial charge in [-0.1, -0.05) is 63.4 Å². The highest BCUT2D eigenvalue weighted by molar-refractivity contribution is 7.89. The number of benzene rings is 2. The van der Waals surface area contributed by atoms with Crippen LogP contribution < -0.4 is 15.4 Å². The second kappa shape index (κ2) is 12.1. The van der Waals surface area contributed by atoms with Gasteiger partial charge in [0.1, 0.15) is 6.04 Å². The Bertz CT molecular complexity index is 1090. The van der Waals surface area contributed by atoms with Gasteiger partial charge in [0.15, 0.2) is 0 Å². The van der Waals surface area contributed by atoms with E-state index in [2.05, 4.69) is 29.2 Å². The van der Waals surface area contributed by atoms with Gasteiger partial charge in [0.25, 0.3) is 0 Å². The van der Waals surface area contributed by atoms with Crippen LogP contribution >= 0.6 is 0 Å². The summed E-state index contributed by atoms with van der Waals surface area (Å²) in [6, 6.07) is 13.1. The minimum absolute atomic E-state index is 0.0786. The number of fused-ring (bicyclic) bond motifs is 1. The molecule has 3 rings (SSSR count). The molecule has 0 aliphatic carbocycles. The van der Waals surface area contributed by atoms with Crippen LogP contribution in [0.1, 0.15) is 57.1 Å². The third kappa shape index (κ3) is 7.14. The molecular weight excluding hydrogens is 450 g/mol. The van der Waals surface area contributed by atoms with Crippen molar-refractivity contribution in [1.82, 2.24) is 10.0 Å². The van der Waals surface area contributed by atoms with Crippen LogP contribution in [0.25, 0.3) is 0 Å². The lowest BCUT2D eigenvalue weighted by atomic mass is 9.99. The molecule has 2 aromatic rings. The van der Waals surface area contributed by atoms with Gasteiger partial charge in [-0.3, -0.25) is 9.59 Å². The summed E-state index contributed by atoms with van der Waals surface area (Å²) in [4.78, 5) is 24.8. The number of unbranched alkanes of at least 4 members (excludes halogenated alkanes) is 1. The standard InChI is InChI=1S/C26H35N3O4S/c1-3-5-9-19(4-2)18-27-26(31)24(16-20-10-7-6-8-11-20)29-34(32,33)22-13-14-23-21(17-22)12-15-25(30)28-23/h6-8,10-11,13-14,17,19,24,29H,3-5,9,12,15-16,18H2,1-2H3,(H,27,31)(H,28,30)/t19-,24+/m1/s1. The minimum Gasteiger partial charge on any atom is -0.354 e. The Morgan fingerprint density at radius 1 is 1.09 bits per heavy atom. The highest BCUT2D eigenvalue weighted by atomic mass is 32.2. The van der Waals surface area contributed by atoms with Crippen molar-refractivity contribution in [3.8, 4) is 0 Å². The third-order valence-electron chi connectivity index (χ3n) is 6.29. The number of sulfonamides is 1. The molecule has 34 heavy (non-hydrogen) atoms. The van der Waals surface area contributed by atoms with E-state index in [9.17, 15) is 18.0 Å². The zero-order valence-electron chi connectivity index (χ0n) is 20.0. The van der Waals surface area contributed by atoms with Crippen LogP contribution in [0.5, 0.6) is 0 Å². The van der Waals surface area contributed by atoms with Crippen LogP contribution in [0.2, 0.25) is 0 Å². The van der Waals surface area contributed by atoms with E-state index in [0.29, 0.717) is 31.0 Å². The second-order valence-electron chi connectivity index (χ2n) is 8.89. The smallest absolute Gasteiger partial charge is 0.241 e. The fourth-order valence-corrected chi connectivity index (χ4v) is 5.38. The summed E-state index contributed by atoms with van der Waals surface area (Å²) in [6.45, 7) is 4.78. The average molecular weight is 486 g/mol. The summed E-state index contributed by atoms with van der Waals surface area (Å²) in [7, 11) is -3.95. The van der Waals surface area contributed by atoms with E-state index in [0.717, 1.165) is 36.8 Å². The molecule has 8 heteroatoms. The number of hydrogen-bond acceptors (Lipinski definition) is 4. The topological polar surface area (TPSA) is 104 Å². The van der Waals surface area contributed by atoms with Crippen LogP contribution in [0, 0.1) is 5.92 Å². The molecule has 2 aromatic carbocycles. The first-order chi connectivity index (χ1) is 16.3. The molecule has 1 aliphatic heterocycles. The molecule has 0 bridgehead atoms. The quantitative estimate of drug-likeness (QED) is 0.425. The van der Waals surface area contributed by atoms with Crippen molar-refractivity contribution in [1.29, 1.82) is 0 Å². The Morgan fingerprint density at radius 2 is 1.85 bits per heavy atom. The lowest BCUT2D eigenvalue weighted by Gasteiger charge is -2.22. The molecule has 2 atom stereocenters. The van der Waals surface area contributed by atoms with E-state index in [1.165, 1.54) is 6.07 Å². The van der Waals surface area contributed by atoms with Gasteiger partial charge in [-0.15, -0.1) is 0 Å². The maximum Gasteiger partial charge on any atom is 0.241 e. The molecule has 0 saturated heterocycles. The molecule has 0 unspecified atom stereocenters. The summed E-state index contributed by atoms with van der Waals surface area (Å²) >= 11 is 0. The molecule has 184 valence electrons. The van der Waals surface area contributed by atoms with Crippen molar-refractivity contribution in [2.24, 2.45) is 5.92 Å². The number of carbonyl (C=O) groups is 2. The first-order valence-corrected chi connectivity index (χ1v) is 13.6. The van der Waals surface area contributed by atoms with Crippen molar-refractivity contribution in [2.75, 3.05) is 11.9 Å². The Hall–Kier alpha value is -2.71. The maximum atomic E-state index is 13.2. The Morgan fingerprint density at radius 3 is 2.56 bits per heavy atom. The monoisotopic (exact) mass is 485 g/mol. The fraction of sp³-hybridized carbons (Fsp3) is 0.462. The van der Waals surface area contributed by atoms with Gasteiger partial charge in [0.2, 0.25) is 21.8 Å². The molecule has 2 amide bonds. The molecule has 0 spiro atoms. The highest BCUT2D eigenvalue weighted by Crippen LogP contribution is 2.25. The van der Waals surface area contributed by atoms with Crippen LogP contribution in [-0.4, -0.2) is 32.8 Å². The third-order valence-corrected chi connectivity index (χ3v) is 7.76. The number of aryl methyl sites for hydroxylation is 1. The summed E-state index contributed by atoms with van der Waals surface area (Å²) in [5.74, 6) is -0.0357. The van der Waals surface area contributed by atoms with E-state index in [4.69, 9.17) is 0 Å². The number of amides is 2. The summed E-state index contributed by atoms with van der Waals surface area (Å²) in [6.07, 6.45) is 5.25. The SMILES string of the molecule is CCCC[C@@H](CC)CNC(=O)[C@H](Cc1ccccc1)NS(=O)(=O)c1ccc2c(c1)CCC(=O)N2. The maximum absolute atomic E-state index is 13.2. The van der Waals surface area contributed by atoms with Gasteiger partial charge in [-0.25, -0.2) is 8.42 Å². The average Bonchev–Trinajstić information content (AvgIpc) is 2.83. The summed E-state index contributed by atoms with van der Waals surface area (Å²) in [5, 5.41) is 5.74. The zero-order chi connectivity index (χ0) is 24.6. The second-order valence-corrected chi connectivity index (χ2v) is 10.6. The number of nitrogens with one attached hydrogen (secondary N) is 3. The van der Waals surface area contributed by atoms with Crippen LogP contribution in [0.4, 0.5) is 5.69 Å². The predicted octanol–water partition coefficient (Wildman–Crippen LogP) is 3.79. The first kappa shape index (κ1) is 25.9. The molecule has 0 saturated carbocycles. The van der Waals surface area contributed by atoms with E-state index >= 15 is 0 Å². The zero-order valence-corrected chi connectivity index (χ0v) is 20.8. The van der Waals surface area contributed by atoms with Gasteiger partial charge in [0, 0.05) is 18.7 Å². The number of rotatable bonds is 12. The van der Waals surface area contributed by atoms with Crippen molar-refractivity contribution in [2.45, 2.75) is 69.7 Å². The summed E-state index contributed by atoms with van der Waals surface area (Å²) in [5.41, 5.74) is 2.27. The van der Waals surface area contributed by atoms with E-state index in [1.54, 1.807) is 12.1 Å². The molecule has 0 aromatic heterocycles. The molecular formula is C26H35N3O4S. The lowest BCUT2D eigenvalue weighted by Crippen LogP contribution is -2.48. The van der Waals surface area contributed by atoms with Crippen molar-refractivity contribution in [3.05, 3.63) is 59.7 Å². The first-order valence-electron chi connectivity index (χ1n) is 12.1. The highest BCUT2D eigenvalue weighted by Gasteiger charge is 2.27. The molecule has 0 radical (unpaired) electrons. The molecule has 0 fully saturated rings. The number of anilines is 1. The van der Waals surface area contributed by atoms with E-state index in [1.807, 2.05) is 30.3 Å². The van der Waals surface area contributed by atoms with Crippen LogP contribution in [0.3, 0.4) is 0 Å². The fourth-order valence-electron chi connectivity index (χ4n) is 4.13. The van der Waals surface area contributed by atoms with Crippen molar-refractivity contribution < 1.29 is 18.0 Å². The van der Waals surface area contributed by atoms with Gasteiger partial charge in [0.05, 0.1) is 4.90 Å². The van der Waals surface area contributed by atoms with Crippen LogP contribution in [-0.2, 0) is 32.5 Å². The van der Waals surface area contributed by atoms with Gasteiger partial charge >= 0.3 is 0 Å². The van der Waals surface area contributed by atoms with Gasteiger partial charge in [-0.05, 0) is 54.5 Å². The largest absolute Gasteiger partial charge is 0.354 e. The van der Waals surface area contributed by atoms with Gasteiger partial charge in [-0.2, -0.15) is 4.72 Å². The molecule has 1 aliphatic rings. The van der Waals surface area contributed by atoms with Crippen molar-refractivity contribution >= 4 is 27.5 Å².